The van der Waals surface area contributed by atoms with Gasteiger partial charge < -0.3 is 10.1 Å². The molecule has 162 valence electrons. The van der Waals surface area contributed by atoms with Crippen molar-refractivity contribution in [1.29, 1.82) is 0 Å². The molecule has 6 heteroatoms. The van der Waals surface area contributed by atoms with Gasteiger partial charge in [0.1, 0.15) is 10.3 Å². The van der Waals surface area contributed by atoms with Crippen molar-refractivity contribution in [1.82, 2.24) is 0 Å². The molecule has 0 fully saturated rings. The smallest absolute Gasteiger partial charge is 0.341 e. The van der Waals surface area contributed by atoms with Crippen LogP contribution in [0.4, 0.5) is 5.00 Å². The highest BCUT2D eigenvalue weighted by atomic mass is 32.2. The number of thioether (sulfide) groups is 1. The van der Waals surface area contributed by atoms with Gasteiger partial charge in [-0.3, -0.25) is 4.79 Å². The first-order valence-corrected chi connectivity index (χ1v) is 12.0. The zero-order chi connectivity index (χ0) is 22.4. The van der Waals surface area contributed by atoms with Crippen LogP contribution in [0.25, 0.3) is 0 Å². The Labute approximate surface area is 192 Å². The quantitative estimate of drug-likeness (QED) is 0.306. The highest BCUT2D eigenvalue weighted by Crippen LogP contribution is 2.39. The summed E-state index contributed by atoms with van der Waals surface area (Å²) < 4.78 is 5.47. The van der Waals surface area contributed by atoms with Gasteiger partial charge in [0.05, 0.1) is 11.7 Å². The van der Waals surface area contributed by atoms with E-state index in [-0.39, 0.29) is 12.0 Å². The Morgan fingerprint density at radius 3 is 2.23 bits per heavy atom. The maximum absolute atomic E-state index is 13.4. The number of rotatable bonds is 8. The number of anilines is 1. The summed E-state index contributed by atoms with van der Waals surface area (Å²) >= 11 is 2.91. The first kappa shape index (κ1) is 23.1. The van der Waals surface area contributed by atoms with E-state index in [9.17, 15) is 9.59 Å². The summed E-state index contributed by atoms with van der Waals surface area (Å²) in [7, 11) is 0. The van der Waals surface area contributed by atoms with Crippen LogP contribution >= 0.6 is 23.1 Å². The molecule has 0 aliphatic carbocycles. The van der Waals surface area contributed by atoms with E-state index in [4.69, 9.17) is 4.74 Å². The zero-order valence-electron chi connectivity index (χ0n) is 18.2. The number of aryl methyl sites for hydroxylation is 1. The number of hydrogen-bond donors (Lipinski definition) is 1. The molecule has 1 amide bonds. The Morgan fingerprint density at radius 2 is 1.65 bits per heavy atom. The van der Waals surface area contributed by atoms with Gasteiger partial charge in [-0.25, -0.2) is 4.79 Å². The molecule has 1 atom stereocenters. The van der Waals surface area contributed by atoms with Crippen LogP contribution in [0, 0.1) is 6.92 Å². The highest BCUT2D eigenvalue weighted by Gasteiger charge is 2.28. The maximum Gasteiger partial charge on any atom is 0.341 e. The standard InChI is InChI=1S/C25H27NO3S2/c1-5-20-17(4)30-24(21(20)25(28)29-16(2)3)26-23(27)22(18-12-8-6-9-13-18)31-19-14-10-7-11-15-19/h6-16,22H,5H2,1-4H3,(H,26,27). The molecule has 0 aliphatic rings. The Balaban J connectivity index is 1.94. The number of amides is 1. The second kappa shape index (κ2) is 10.6. The van der Waals surface area contributed by atoms with Crippen LogP contribution in [-0.2, 0) is 16.0 Å². The van der Waals surface area contributed by atoms with E-state index in [0.29, 0.717) is 17.0 Å². The van der Waals surface area contributed by atoms with Crippen LogP contribution in [0.3, 0.4) is 0 Å². The molecule has 3 rings (SSSR count). The molecule has 31 heavy (non-hydrogen) atoms. The summed E-state index contributed by atoms with van der Waals surface area (Å²) in [6.07, 6.45) is 0.466. The zero-order valence-corrected chi connectivity index (χ0v) is 19.8. The molecule has 4 nitrogen and oxygen atoms in total. The van der Waals surface area contributed by atoms with Crippen LogP contribution in [0.5, 0.6) is 0 Å². The molecule has 0 saturated heterocycles. The van der Waals surface area contributed by atoms with E-state index >= 15 is 0 Å². The van der Waals surface area contributed by atoms with Crippen LogP contribution in [-0.4, -0.2) is 18.0 Å². The monoisotopic (exact) mass is 453 g/mol. The minimum atomic E-state index is -0.454. The van der Waals surface area contributed by atoms with Gasteiger partial charge in [0.2, 0.25) is 5.91 Å². The van der Waals surface area contributed by atoms with Crippen LogP contribution < -0.4 is 5.32 Å². The summed E-state index contributed by atoms with van der Waals surface area (Å²) in [6.45, 7) is 7.62. The Bertz CT molecular complexity index is 1030. The number of hydrogen-bond acceptors (Lipinski definition) is 5. The molecule has 3 aromatic rings. The molecule has 1 heterocycles. The highest BCUT2D eigenvalue weighted by molar-refractivity contribution is 8.00. The van der Waals surface area contributed by atoms with Crippen molar-refractivity contribution in [2.24, 2.45) is 0 Å². The fraction of sp³-hybridized carbons (Fsp3) is 0.280. The van der Waals surface area contributed by atoms with E-state index in [1.165, 1.54) is 23.1 Å². The van der Waals surface area contributed by atoms with Crippen molar-refractivity contribution >= 4 is 40.0 Å². The van der Waals surface area contributed by atoms with Crippen molar-refractivity contribution in [3.05, 3.63) is 82.2 Å². The Hall–Kier alpha value is -2.57. The van der Waals surface area contributed by atoms with Crippen LogP contribution in [0.15, 0.2) is 65.6 Å². The third-order valence-corrected chi connectivity index (χ3v) is 7.01. The lowest BCUT2D eigenvalue weighted by Gasteiger charge is -2.17. The molecule has 1 N–H and O–H groups in total. The molecule has 1 unspecified atom stereocenters. The molecule has 2 aromatic carbocycles. The molecule has 0 aliphatic heterocycles. The summed E-state index contributed by atoms with van der Waals surface area (Å²) in [5, 5.41) is 3.14. The number of esters is 1. The van der Waals surface area contributed by atoms with Crippen molar-refractivity contribution in [3.63, 3.8) is 0 Å². The van der Waals surface area contributed by atoms with Gasteiger partial charge in [-0.15, -0.1) is 23.1 Å². The summed E-state index contributed by atoms with van der Waals surface area (Å²) in [5.41, 5.74) is 2.31. The van der Waals surface area contributed by atoms with Crippen molar-refractivity contribution in [2.45, 2.75) is 50.4 Å². The van der Waals surface area contributed by atoms with E-state index in [1.807, 2.05) is 88.4 Å². The van der Waals surface area contributed by atoms with Crippen molar-refractivity contribution in [2.75, 3.05) is 5.32 Å². The molecule has 0 saturated carbocycles. The second-order valence-electron chi connectivity index (χ2n) is 7.36. The SMILES string of the molecule is CCc1c(C)sc(NC(=O)C(Sc2ccccc2)c2ccccc2)c1C(=O)OC(C)C. The Morgan fingerprint density at radius 1 is 1.03 bits per heavy atom. The first-order chi connectivity index (χ1) is 14.9. The van der Waals surface area contributed by atoms with Gasteiger partial charge in [0.15, 0.2) is 0 Å². The lowest BCUT2D eigenvalue weighted by Crippen LogP contribution is -2.21. The molecule has 0 radical (unpaired) electrons. The van der Waals surface area contributed by atoms with Gasteiger partial charge in [-0.1, -0.05) is 55.5 Å². The van der Waals surface area contributed by atoms with Gasteiger partial charge >= 0.3 is 5.97 Å². The van der Waals surface area contributed by atoms with Gasteiger partial charge in [0, 0.05) is 9.77 Å². The minimum absolute atomic E-state index is 0.164. The average molecular weight is 454 g/mol. The molecular weight excluding hydrogens is 426 g/mol. The third kappa shape index (κ3) is 5.77. The Kier molecular flexibility index (Phi) is 7.93. The van der Waals surface area contributed by atoms with E-state index in [2.05, 4.69) is 5.32 Å². The van der Waals surface area contributed by atoms with Gasteiger partial charge in [0.25, 0.3) is 0 Å². The average Bonchev–Trinajstić information content (AvgIpc) is 3.07. The summed E-state index contributed by atoms with van der Waals surface area (Å²) in [4.78, 5) is 28.3. The fourth-order valence-electron chi connectivity index (χ4n) is 3.29. The van der Waals surface area contributed by atoms with E-state index in [1.54, 1.807) is 0 Å². The van der Waals surface area contributed by atoms with Crippen LogP contribution in [0.2, 0.25) is 0 Å². The lowest BCUT2D eigenvalue weighted by atomic mass is 10.1. The van der Waals surface area contributed by atoms with E-state index < -0.39 is 11.2 Å². The first-order valence-electron chi connectivity index (χ1n) is 10.3. The molecule has 0 bridgehead atoms. The van der Waals surface area contributed by atoms with Gasteiger partial charge in [-0.2, -0.15) is 0 Å². The van der Waals surface area contributed by atoms with Crippen molar-refractivity contribution < 1.29 is 14.3 Å². The second-order valence-corrected chi connectivity index (χ2v) is 9.76. The maximum atomic E-state index is 13.4. The number of thiophene rings is 1. The predicted octanol–water partition coefficient (Wildman–Crippen LogP) is 6.66. The van der Waals surface area contributed by atoms with Crippen LogP contribution in [0.1, 0.15) is 52.4 Å². The normalized spacial score (nSPS) is 11.9. The number of carbonyl (C=O) groups excluding carboxylic acids is 2. The minimum Gasteiger partial charge on any atom is -0.459 e. The molecule has 1 aromatic heterocycles. The number of carbonyl (C=O) groups is 2. The predicted molar refractivity (Wildman–Crippen MR) is 129 cm³/mol. The van der Waals surface area contributed by atoms with Crippen molar-refractivity contribution in [3.8, 4) is 0 Å². The number of ether oxygens (including phenoxy) is 1. The number of nitrogens with one attached hydrogen (secondary N) is 1. The molecular formula is C25H27NO3S2. The summed E-state index contributed by atoms with van der Waals surface area (Å²) in [5.74, 6) is -0.555. The lowest BCUT2D eigenvalue weighted by molar-refractivity contribution is -0.115. The van der Waals surface area contributed by atoms with E-state index in [0.717, 1.165) is 20.9 Å². The third-order valence-electron chi connectivity index (χ3n) is 4.68. The van der Waals surface area contributed by atoms with Gasteiger partial charge in [-0.05, 0) is 50.5 Å². The largest absolute Gasteiger partial charge is 0.459 e. The fourth-order valence-corrected chi connectivity index (χ4v) is 5.48. The topological polar surface area (TPSA) is 55.4 Å². The summed E-state index contributed by atoms with van der Waals surface area (Å²) in [6, 6.07) is 19.5. The number of benzene rings is 2. The molecule has 0 spiro atoms.